The summed E-state index contributed by atoms with van der Waals surface area (Å²) in [6.45, 7) is 1.08. The molecule has 0 bridgehead atoms. The highest BCUT2D eigenvalue weighted by Crippen LogP contribution is 2.30. The van der Waals surface area contributed by atoms with Crippen LogP contribution in [0, 0.1) is 10.1 Å². The van der Waals surface area contributed by atoms with Gasteiger partial charge >= 0.3 is 0 Å². The van der Waals surface area contributed by atoms with E-state index in [0.717, 1.165) is 19.4 Å². The number of rotatable bonds is 6. The van der Waals surface area contributed by atoms with Crippen LogP contribution >= 0.6 is 11.6 Å². The first-order valence-electron chi connectivity index (χ1n) is 8.13. The highest BCUT2D eigenvalue weighted by Gasteiger charge is 2.21. The summed E-state index contributed by atoms with van der Waals surface area (Å²) in [6.07, 6.45) is 1.94. The third-order valence-electron chi connectivity index (χ3n) is 3.98. The molecular formula is C18H17ClN2O5. The SMILES string of the molecule is O=C(Nc1cc(Cl)ccc1OC[C@H]1CCCO1)c1ccccc1[N+](=O)[O-]. The fraction of sp³-hybridized carbons (Fsp3) is 0.278. The van der Waals surface area contributed by atoms with Crippen LogP contribution in [0.25, 0.3) is 0 Å². The van der Waals surface area contributed by atoms with Crippen LogP contribution in [0.5, 0.6) is 5.75 Å². The molecule has 7 nitrogen and oxygen atoms in total. The Hall–Kier alpha value is -2.64. The number of amides is 1. The number of benzene rings is 2. The fourth-order valence-corrected chi connectivity index (χ4v) is 2.87. The molecule has 0 aromatic heterocycles. The van der Waals surface area contributed by atoms with Gasteiger partial charge in [0.2, 0.25) is 0 Å². The number of ether oxygens (including phenoxy) is 2. The van der Waals surface area contributed by atoms with E-state index in [-0.39, 0.29) is 17.4 Å². The maximum Gasteiger partial charge on any atom is 0.282 e. The minimum absolute atomic E-state index is 0.0180. The van der Waals surface area contributed by atoms with Crippen LogP contribution in [0.1, 0.15) is 23.2 Å². The van der Waals surface area contributed by atoms with Crippen molar-refractivity contribution in [2.75, 3.05) is 18.5 Å². The summed E-state index contributed by atoms with van der Waals surface area (Å²) in [6, 6.07) is 10.6. The molecule has 0 radical (unpaired) electrons. The molecule has 1 N–H and O–H groups in total. The second-order valence-corrected chi connectivity index (χ2v) is 6.25. The van der Waals surface area contributed by atoms with E-state index >= 15 is 0 Å². The Labute approximate surface area is 155 Å². The molecule has 0 unspecified atom stereocenters. The van der Waals surface area contributed by atoms with E-state index in [9.17, 15) is 14.9 Å². The molecule has 2 aromatic rings. The van der Waals surface area contributed by atoms with E-state index in [4.69, 9.17) is 21.1 Å². The summed E-state index contributed by atoms with van der Waals surface area (Å²) < 4.78 is 11.3. The Morgan fingerprint density at radius 3 is 2.88 bits per heavy atom. The largest absolute Gasteiger partial charge is 0.489 e. The van der Waals surface area contributed by atoms with E-state index in [1.165, 1.54) is 18.2 Å². The molecule has 26 heavy (non-hydrogen) atoms. The lowest BCUT2D eigenvalue weighted by Crippen LogP contribution is -2.18. The average molecular weight is 377 g/mol. The summed E-state index contributed by atoms with van der Waals surface area (Å²) in [5, 5.41) is 14.2. The Morgan fingerprint density at radius 2 is 2.15 bits per heavy atom. The lowest BCUT2D eigenvalue weighted by Gasteiger charge is -2.15. The van der Waals surface area contributed by atoms with Crippen molar-refractivity contribution in [1.82, 2.24) is 0 Å². The summed E-state index contributed by atoms with van der Waals surface area (Å²) in [4.78, 5) is 23.0. The monoisotopic (exact) mass is 376 g/mol. The molecule has 1 saturated heterocycles. The van der Waals surface area contributed by atoms with Gasteiger partial charge in [-0.05, 0) is 37.1 Å². The number of nitro benzene ring substituents is 1. The zero-order chi connectivity index (χ0) is 18.5. The molecule has 1 amide bonds. The van der Waals surface area contributed by atoms with Crippen molar-refractivity contribution in [3.8, 4) is 5.75 Å². The molecule has 0 aliphatic carbocycles. The molecule has 0 saturated carbocycles. The standard InChI is InChI=1S/C18H17ClN2O5/c19-12-7-8-17(26-11-13-4-3-9-25-13)15(10-12)20-18(22)14-5-1-2-6-16(14)21(23)24/h1-2,5-8,10,13H,3-4,9,11H2,(H,20,22)/t13-/m1/s1. The van der Waals surface area contributed by atoms with Crippen LogP contribution in [0.15, 0.2) is 42.5 Å². The van der Waals surface area contributed by atoms with Gasteiger partial charge in [0.15, 0.2) is 0 Å². The molecule has 136 valence electrons. The molecule has 8 heteroatoms. The molecular weight excluding hydrogens is 360 g/mol. The lowest BCUT2D eigenvalue weighted by atomic mass is 10.1. The zero-order valence-corrected chi connectivity index (χ0v) is 14.6. The summed E-state index contributed by atoms with van der Waals surface area (Å²) in [5.74, 6) is -0.182. The topological polar surface area (TPSA) is 90.7 Å². The zero-order valence-electron chi connectivity index (χ0n) is 13.8. The van der Waals surface area contributed by atoms with Gasteiger partial charge in [0.1, 0.15) is 17.9 Å². The number of hydrogen-bond acceptors (Lipinski definition) is 5. The number of halogens is 1. The number of hydrogen-bond donors (Lipinski definition) is 1. The Kier molecular flexibility index (Phi) is 5.70. The van der Waals surface area contributed by atoms with Gasteiger partial charge in [0.05, 0.1) is 16.7 Å². The van der Waals surface area contributed by atoms with Crippen LogP contribution in [-0.4, -0.2) is 30.1 Å². The van der Waals surface area contributed by atoms with Crippen LogP contribution in [0.4, 0.5) is 11.4 Å². The minimum Gasteiger partial charge on any atom is -0.489 e. The predicted molar refractivity (Wildman–Crippen MR) is 97.0 cm³/mol. The van der Waals surface area contributed by atoms with Crippen molar-refractivity contribution in [2.24, 2.45) is 0 Å². The molecule has 1 aliphatic rings. The van der Waals surface area contributed by atoms with Gasteiger partial charge in [0.25, 0.3) is 11.6 Å². The van der Waals surface area contributed by atoms with E-state index in [1.807, 2.05) is 0 Å². The van der Waals surface area contributed by atoms with Crippen LogP contribution in [0.3, 0.4) is 0 Å². The maximum absolute atomic E-state index is 12.5. The van der Waals surface area contributed by atoms with Crippen molar-refractivity contribution in [3.05, 3.63) is 63.2 Å². The van der Waals surface area contributed by atoms with E-state index in [1.54, 1.807) is 24.3 Å². The number of carbonyl (C=O) groups excluding carboxylic acids is 1. The van der Waals surface area contributed by atoms with Crippen molar-refractivity contribution in [3.63, 3.8) is 0 Å². The van der Waals surface area contributed by atoms with E-state index < -0.39 is 10.8 Å². The Balaban J connectivity index is 1.79. The highest BCUT2D eigenvalue weighted by molar-refractivity contribution is 6.31. The third kappa shape index (κ3) is 4.30. The molecule has 1 heterocycles. The molecule has 0 spiro atoms. The third-order valence-corrected chi connectivity index (χ3v) is 4.22. The molecule has 2 aromatic carbocycles. The second kappa shape index (κ2) is 8.16. The number of anilines is 1. The van der Waals surface area contributed by atoms with Gasteiger partial charge in [-0.15, -0.1) is 0 Å². The number of carbonyl (C=O) groups is 1. The van der Waals surface area contributed by atoms with Crippen molar-refractivity contribution in [2.45, 2.75) is 18.9 Å². The quantitative estimate of drug-likeness (QED) is 0.606. The smallest absolute Gasteiger partial charge is 0.282 e. The fourth-order valence-electron chi connectivity index (χ4n) is 2.70. The van der Waals surface area contributed by atoms with Gasteiger partial charge in [-0.25, -0.2) is 0 Å². The number of nitrogens with one attached hydrogen (secondary N) is 1. The molecule has 1 aliphatic heterocycles. The summed E-state index contributed by atoms with van der Waals surface area (Å²) in [7, 11) is 0. The summed E-state index contributed by atoms with van der Waals surface area (Å²) in [5.41, 5.74) is 0.0371. The van der Waals surface area contributed by atoms with Gasteiger partial charge in [-0.2, -0.15) is 0 Å². The predicted octanol–water partition coefficient (Wildman–Crippen LogP) is 4.06. The van der Waals surface area contributed by atoms with Gasteiger partial charge < -0.3 is 14.8 Å². The van der Waals surface area contributed by atoms with Crippen molar-refractivity contribution >= 4 is 28.9 Å². The van der Waals surface area contributed by atoms with Crippen LogP contribution in [0.2, 0.25) is 5.02 Å². The first-order chi connectivity index (χ1) is 12.5. The lowest BCUT2D eigenvalue weighted by molar-refractivity contribution is -0.385. The Bertz CT molecular complexity index is 821. The second-order valence-electron chi connectivity index (χ2n) is 5.81. The van der Waals surface area contributed by atoms with Gasteiger partial charge in [0, 0.05) is 17.7 Å². The molecule has 1 fully saturated rings. The first kappa shape index (κ1) is 18.2. The Morgan fingerprint density at radius 1 is 1.35 bits per heavy atom. The van der Waals surface area contributed by atoms with Gasteiger partial charge in [-0.1, -0.05) is 23.7 Å². The van der Waals surface area contributed by atoms with Crippen molar-refractivity contribution < 1.29 is 19.2 Å². The normalized spacial score (nSPS) is 16.3. The average Bonchev–Trinajstić information content (AvgIpc) is 3.14. The van der Waals surface area contributed by atoms with Crippen molar-refractivity contribution in [1.29, 1.82) is 0 Å². The molecule has 1 atom stereocenters. The number of nitrogens with zero attached hydrogens (tertiary/aromatic N) is 1. The number of nitro groups is 1. The van der Waals surface area contributed by atoms with Crippen LogP contribution in [-0.2, 0) is 4.74 Å². The van der Waals surface area contributed by atoms with E-state index in [2.05, 4.69) is 5.32 Å². The minimum atomic E-state index is -0.610. The highest BCUT2D eigenvalue weighted by atomic mass is 35.5. The van der Waals surface area contributed by atoms with Crippen LogP contribution < -0.4 is 10.1 Å². The summed E-state index contributed by atoms with van der Waals surface area (Å²) >= 11 is 6.02. The number of para-hydroxylation sites is 1. The molecule has 3 rings (SSSR count). The van der Waals surface area contributed by atoms with Gasteiger partial charge in [-0.3, -0.25) is 14.9 Å². The first-order valence-corrected chi connectivity index (χ1v) is 8.51. The maximum atomic E-state index is 12.5. The van der Waals surface area contributed by atoms with E-state index in [0.29, 0.717) is 23.1 Å².